The normalized spacial score (nSPS) is 22.2. The van der Waals surface area contributed by atoms with Gasteiger partial charge in [-0.2, -0.15) is 0 Å². The SMILES string of the molecule is CC(C)(C)OC(=O)N1CC[C@H]1C(=O)N1CCC(CCOSI)CC1. The lowest BCUT2D eigenvalue weighted by Crippen LogP contribution is -2.60. The summed E-state index contributed by atoms with van der Waals surface area (Å²) in [6.07, 6.45) is 3.43. The minimum atomic E-state index is -0.531. The van der Waals surface area contributed by atoms with E-state index in [4.69, 9.17) is 8.92 Å². The van der Waals surface area contributed by atoms with Crippen LogP contribution in [0.15, 0.2) is 0 Å². The highest BCUT2D eigenvalue weighted by atomic mass is 127. The average molecular weight is 470 g/mol. The minimum Gasteiger partial charge on any atom is -0.444 e. The van der Waals surface area contributed by atoms with Crippen molar-refractivity contribution in [1.29, 1.82) is 0 Å². The van der Waals surface area contributed by atoms with E-state index in [9.17, 15) is 9.59 Å². The summed E-state index contributed by atoms with van der Waals surface area (Å²) < 4.78 is 10.7. The van der Waals surface area contributed by atoms with Crippen molar-refractivity contribution in [3.05, 3.63) is 0 Å². The van der Waals surface area contributed by atoms with E-state index in [-0.39, 0.29) is 18.0 Å². The topological polar surface area (TPSA) is 59.1 Å². The third-order valence-electron chi connectivity index (χ3n) is 4.51. The van der Waals surface area contributed by atoms with Crippen LogP contribution >= 0.6 is 30.4 Å². The fraction of sp³-hybridized carbons (Fsp3) is 0.875. The van der Waals surface area contributed by atoms with Crippen molar-refractivity contribution in [2.45, 2.75) is 58.1 Å². The summed E-state index contributed by atoms with van der Waals surface area (Å²) >= 11 is 2.13. The molecule has 0 unspecified atom stereocenters. The van der Waals surface area contributed by atoms with Gasteiger partial charge in [-0.05, 0) is 52.4 Å². The maximum absolute atomic E-state index is 12.7. The summed E-state index contributed by atoms with van der Waals surface area (Å²) in [5, 5.41) is 0. The Balaban J connectivity index is 1.77. The van der Waals surface area contributed by atoms with Crippen LogP contribution < -0.4 is 0 Å². The number of amides is 2. The summed E-state index contributed by atoms with van der Waals surface area (Å²) in [6, 6.07) is -0.338. The van der Waals surface area contributed by atoms with Crippen molar-refractivity contribution < 1.29 is 18.5 Å². The number of carbonyl (C=O) groups is 2. The molecule has 0 aromatic heterocycles. The highest BCUT2D eigenvalue weighted by molar-refractivity contribution is 14.2. The summed E-state index contributed by atoms with van der Waals surface area (Å²) in [4.78, 5) is 28.3. The molecule has 0 radical (unpaired) electrons. The van der Waals surface area contributed by atoms with Crippen LogP contribution in [0, 0.1) is 5.92 Å². The van der Waals surface area contributed by atoms with Crippen molar-refractivity contribution in [2.24, 2.45) is 5.92 Å². The molecule has 0 aromatic carbocycles. The number of halogens is 1. The van der Waals surface area contributed by atoms with Crippen molar-refractivity contribution >= 4 is 42.4 Å². The maximum atomic E-state index is 12.7. The summed E-state index contributed by atoms with van der Waals surface area (Å²) in [6.45, 7) is 8.44. The lowest BCUT2D eigenvalue weighted by Gasteiger charge is -2.43. The van der Waals surface area contributed by atoms with Crippen molar-refractivity contribution in [1.82, 2.24) is 9.80 Å². The lowest BCUT2D eigenvalue weighted by atomic mass is 9.92. The van der Waals surface area contributed by atoms with Crippen molar-refractivity contribution in [3.8, 4) is 0 Å². The van der Waals surface area contributed by atoms with Gasteiger partial charge in [0.2, 0.25) is 5.91 Å². The Morgan fingerprint density at radius 3 is 2.33 bits per heavy atom. The third-order valence-corrected chi connectivity index (χ3v) is 5.53. The molecule has 2 saturated heterocycles. The Labute approximate surface area is 160 Å². The van der Waals surface area contributed by atoms with Crippen molar-refractivity contribution in [2.75, 3.05) is 26.2 Å². The zero-order valence-electron chi connectivity index (χ0n) is 14.6. The van der Waals surface area contributed by atoms with Crippen LogP contribution in [0.4, 0.5) is 4.79 Å². The van der Waals surface area contributed by atoms with Gasteiger partial charge < -0.3 is 13.8 Å². The molecule has 8 heteroatoms. The number of likely N-dealkylation sites (tertiary alicyclic amines) is 2. The first kappa shape index (κ1) is 20.1. The molecule has 0 saturated carbocycles. The van der Waals surface area contributed by atoms with Gasteiger partial charge in [0.05, 0.1) is 15.8 Å². The molecule has 0 aromatic rings. The fourth-order valence-electron chi connectivity index (χ4n) is 3.08. The predicted molar refractivity (Wildman–Crippen MR) is 103 cm³/mol. The number of rotatable bonds is 5. The largest absolute Gasteiger partial charge is 0.444 e. The van der Waals surface area contributed by atoms with Gasteiger partial charge in [-0.25, -0.2) is 4.79 Å². The van der Waals surface area contributed by atoms with E-state index < -0.39 is 5.60 Å². The second kappa shape index (κ2) is 8.93. The maximum Gasteiger partial charge on any atom is 0.410 e. The van der Waals surface area contributed by atoms with Crippen LogP contribution in [0.25, 0.3) is 0 Å². The number of hydrogen-bond donors (Lipinski definition) is 0. The monoisotopic (exact) mass is 470 g/mol. The molecular weight excluding hydrogens is 443 g/mol. The summed E-state index contributed by atoms with van der Waals surface area (Å²) in [5.74, 6) is 0.700. The summed E-state index contributed by atoms with van der Waals surface area (Å²) in [5.41, 5.74) is -0.531. The van der Waals surface area contributed by atoms with E-state index in [1.165, 1.54) is 9.21 Å². The standard InChI is InChI=1S/C16H27IN2O4S/c1-16(2,3)23-15(21)19-10-6-13(19)14(20)18-8-4-12(5-9-18)7-11-22-24-17/h12-13H,4-11H2,1-3H3/t13-/m0/s1. The number of hydrogen-bond acceptors (Lipinski definition) is 5. The molecule has 1 atom stereocenters. The second-order valence-corrected chi connectivity index (χ2v) is 8.86. The van der Waals surface area contributed by atoms with Gasteiger partial charge in [0.1, 0.15) is 11.6 Å². The highest BCUT2D eigenvalue weighted by Crippen LogP contribution is 2.27. The fourth-order valence-corrected chi connectivity index (χ4v) is 3.78. The van der Waals surface area contributed by atoms with E-state index in [1.54, 1.807) is 4.90 Å². The van der Waals surface area contributed by atoms with E-state index in [2.05, 4.69) is 21.2 Å². The first-order chi connectivity index (χ1) is 11.3. The number of nitrogens with zero attached hydrogens (tertiary/aromatic N) is 2. The van der Waals surface area contributed by atoms with Gasteiger partial charge in [-0.15, -0.1) is 0 Å². The highest BCUT2D eigenvalue weighted by Gasteiger charge is 2.42. The van der Waals surface area contributed by atoms with Gasteiger partial charge in [0.25, 0.3) is 0 Å². The van der Waals surface area contributed by atoms with Crippen LogP contribution in [-0.4, -0.2) is 59.7 Å². The first-order valence-corrected chi connectivity index (χ1v) is 11.8. The first-order valence-electron chi connectivity index (χ1n) is 8.50. The van der Waals surface area contributed by atoms with E-state index in [0.29, 0.717) is 12.5 Å². The van der Waals surface area contributed by atoms with Crippen LogP contribution in [0.2, 0.25) is 0 Å². The van der Waals surface area contributed by atoms with E-state index in [0.717, 1.165) is 45.4 Å². The Bertz CT molecular complexity index is 450. The Morgan fingerprint density at radius 2 is 1.83 bits per heavy atom. The van der Waals surface area contributed by atoms with Gasteiger partial charge >= 0.3 is 6.09 Å². The lowest BCUT2D eigenvalue weighted by molar-refractivity contribution is -0.142. The van der Waals surface area contributed by atoms with E-state index >= 15 is 0 Å². The van der Waals surface area contributed by atoms with Crippen molar-refractivity contribution in [3.63, 3.8) is 0 Å². The van der Waals surface area contributed by atoms with E-state index in [1.807, 2.05) is 25.7 Å². The molecule has 2 aliphatic rings. The van der Waals surface area contributed by atoms with Crippen LogP contribution in [0.3, 0.4) is 0 Å². The number of piperidine rings is 1. The van der Waals surface area contributed by atoms with Crippen LogP contribution in [0.1, 0.15) is 46.5 Å². The number of carbonyl (C=O) groups excluding carboxylic acids is 2. The van der Waals surface area contributed by atoms with Gasteiger partial charge in [0.15, 0.2) is 0 Å². The zero-order chi connectivity index (χ0) is 17.7. The molecule has 138 valence electrons. The molecule has 0 bridgehead atoms. The van der Waals surface area contributed by atoms with Gasteiger partial charge in [0, 0.05) is 40.8 Å². The molecule has 2 rings (SSSR count). The molecule has 0 aliphatic carbocycles. The molecule has 2 heterocycles. The molecule has 6 nitrogen and oxygen atoms in total. The third kappa shape index (κ3) is 5.66. The molecule has 0 spiro atoms. The quantitative estimate of drug-likeness (QED) is 0.349. The Morgan fingerprint density at radius 1 is 1.17 bits per heavy atom. The Hall–Kier alpha value is -0.220. The second-order valence-electron chi connectivity index (χ2n) is 7.42. The smallest absolute Gasteiger partial charge is 0.410 e. The van der Waals surface area contributed by atoms with Crippen LogP contribution in [0.5, 0.6) is 0 Å². The number of ether oxygens (including phenoxy) is 1. The molecule has 24 heavy (non-hydrogen) atoms. The molecule has 2 amide bonds. The van der Waals surface area contributed by atoms with Gasteiger partial charge in [-0.3, -0.25) is 9.69 Å². The summed E-state index contributed by atoms with van der Waals surface area (Å²) in [7, 11) is 1.37. The minimum absolute atomic E-state index is 0.0737. The Kier molecular flexibility index (Phi) is 7.48. The molecule has 2 aliphatic heterocycles. The molecule has 2 fully saturated rings. The van der Waals surface area contributed by atoms with Gasteiger partial charge in [-0.1, -0.05) is 0 Å². The zero-order valence-corrected chi connectivity index (χ0v) is 17.6. The molecular formula is C16H27IN2O4S. The molecule has 0 N–H and O–H groups in total. The van der Waals surface area contributed by atoms with Crippen LogP contribution in [-0.2, 0) is 13.7 Å². The predicted octanol–water partition coefficient (Wildman–Crippen LogP) is 3.64. The average Bonchev–Trinajstić information content (AvgIpc) is 2.45.